The molecule has 11 rings (SSSR count). The molecule has 9 aromatic carbocycles. The normalized spacial score (nSPS) is 11.6. The molecular formula is C52H34N2S. The molecule has 0 N–H and O–H groups in total. The van der Waals surface area contributed by atoms with Crippen LogP contribution < -0.4 is 4.90 Å². The van der Waals surface area contributed by atoms with Crippen LogP contribution in [-0.4, -0.2) is 4.57 Å². The number of hydrogen-bond donors (Lipinski definition) is 0. The SMILES string of the molecule is c1ccc(-c2ccc(-n3c4ccccc4c4ccc(-c5cccc(N(c6ccc7c(c6)sc6ccccc67)c6cccc7ccccc67)c5)cc43)cc2)cc1. The molecule has 0 radical (unpaired) electrons. The van der Waals surface area contributed by atoms with Crippen LogP contribution in [0.25, 0.3) is 80.7 Å². The molecule has 0 saturated carbocycles. The first-order valence-electron chi connectivity index (χ1n) is 18.8. The van der Waals surface area contributed by atoms with E-state index in [1.165, 1.54) is 75.0 Å². The van der Waals surface area contributed by atoms with Crippen LogP contribution in [0.4, 0.5) is 17.1 Å². The van der Waals surface area contributed by atoms with E-state index >= 15 is 0 Å². The molecule has 0 atom stereocenters. The summed E-state index contributed by atoms with van der Waals surface area (Å²) in [6.45, 7) is 0. The van der Waals surface area contributed by atoms with Crippen LogP contribution >= 0.6 is 11.3 Å². The van der Waals surface area contributed by atoms with Gasteiger partial charge in [-0.05, 0) is 88.3 Å². The molecule has 11 aromatic rings. The molecule has 0 aliphatic heterocycles. The number of anilines is 3. The molecule has 0 saturated heterocycles. The summed E-state index contributed by atoms with van der Waals surface area (Å²) < 4.78 is 5.01. The highest BCUT2D eigenvalue weighted by Gasteiger charge is 2.19. The van der Waals surface area contributed by atoms with Gasteiger partial charge in [0, 0.05) is 53.4 Å². The van der Waals surface area contributed by atoms with Gasteiger partial charge in [-0.3, -0.25) is 0 Å². The zero-order valence-corrected chi connectivity index (χ0v) is 30.7. The Morgan fingerprint density at radius 2 is 0.945 bits per heavy atom. The molecule has 258 valence electrons. The Labute approximate surface area is 323 Å². The number of fused-ring (bicyclic) bond motifs is 7. The molecule has 0 bridgehead atoms. The predicted octanol–water partition coefficient (Wildman–Crippen LogP) is 15.1. The average Bonchev–Trinajstić information content (AvgIpc) is 3.79. The summed E-state index contributed by atoms with van der Waals surface area (Å²) >= 11 is 1.86. The smallest absolute Gasteiger partial charge is 0.0547 e. The van der Waals surface area contributed by atoms with Gasteiger partial charge in [-0.2, -0.15) is 0 Å². The van der Waals surface area contributed by atoms with Gasteiger partial charge in [0.25, 0.3) is 0 Å². The van der Waals surface area contributed by atoms with E-state index in [2.05, 4.69) is 216 Å². The van der Waals surface area contributed by atoms with Crippen LogP contribution in [0.5, 0.6) is 0 Å². The van der Waals surface area contributed by atoms with E-state index in [1.807, 2.05) is 11.3 Å². The van der Waals surface area contributed by atoms with Crippen molar-refractivity contribution in [3.05, 3.63) is 206 Å². The second-order valence-corrected chi connectivity index (χ2v) is 15.2. The van der Waals surface area contributed by atoms with Crippen LogP contribution in [0.15, 0.2) is 206 Å². The topological polar surface area (TPSA) is 8.17 Å². The van der Waals surface area contributed by atoms with Gasteiger partial charge in [-0.1, -0.05) is 146 Å². The molecule has 55 heavy (non-hydrogen) atoms. The van der Waals surface area contributed by atoms with E-state index in [9.17, 15) is 0 Å². The number of nitrogens with zero attached hydrogens (tertiary/aromatic N) is 2. The van der Waals surface area contributed by atoms with Gasteiger partial charge in [-0.15, -0.1) is 11.3 Å². The fourth-order valence-corrected chi connectivity index (χ4v) is 9.51. The minimum atomic E-state index is 1.12. The van der Waals surface area contributed by atoms with E-state index in [1.54, 1.807) is 0 Å². The summed E-state index contributed by atoms with van der Waals surface area (Å²) in [7, 11) is 0. The highest BCUT2D eigenvalue weighted by atomic mass is 32.1. The minimum Gasteiger partial charge on any atom is -0.310 e. The number of rotatable bonds is 6. The Kier molecular flexibility index (Phi) is 7.39. The number of benzene rings is 9. The van der Waals surface area contributed by atoms with E-state index in [0.29, 0.717) is 0 Å². The summed E-state index contributed by atoms with van der Waals surface area (Å²) in [6.07, 6.45) is 0. The van der Waals surface area contributed by atoms with Crippen molar-refractivity contribution in [1.29, 1.82) is 0 Å². The molecule has 0 aliphatic carbocycles. The van der Waals surface area contributed by atoms with Gasteiger partial charge < -0.3 is 9.47 Å². The minimum absolute atomic E-state index is 1.12. The highest BCUT2D eigenvalue weighted by Crippen LogP contribution is 2.44. The maximum absolute atomic E-state index is 2.43. The number of para-hydroxylation sites is 1. The van der Waals surface area contributed by atoms with Crippen molar-refractivity contribution in [2.75, 3.05) is 4.90 Å². The van der Waals surface area contributed by atoms with Crippen molar-refractivity contribution >= 4 is 81.1 Å². The Hall–Kier alpha value is -6.94. The zero-order valence-electron chi connectivity index (χ0n) is 29.9. The van der Waals surface area contributed by atoms with Crippen molar-refractivity contribution in [1.82, 2.24) is 4.57 Å². The fourth-order valence-electron chi connectivity index (χ4n) is 8.37. The third-order valence-electron chi connectivity index (χ3n) is 11.0. The second kappa shape index (κ2) is 12.9. The van der Waals surface area contributed by atoms with Gasteiger partial charge in [0.2, 0.25) is 0 Å². The molecule has 0 spiro atoms. The summed E-state index contributed by atoms with van der Waals surface area (Å²) in [6, 6.07) is 75.2. The molecule has 2 nitrogen and oxygen atoms in total. The van der Waals surface area contributed by atoms with Gasteiger partial charge >= 0.3 is 0 Å². The quantitative estimate of drug-likeness (QED) is 0.166. The van der Waals surface area contributed by atoms with Gasteiger partial charge in [-0.25, -0.2) is 0 Å². The lowest BCUT2D eigenvalue weighted by atomic mass is 10.0. The Balaban J connectivity index is 1.07. The van der Waals surface area contributed by atoms with Crippen molar-refractivity contribution < 1.29 is 0 Å². The van der Waals surface area contributed by atoms with Gasteiger partial charge in [0.05, 0.1) is 16.7 Å². The second-order valence-electron chi connectivity index (χ2n) is 14.2. The van der Waals surface area contributed by atoms with Crippen LogP contribution in [0.3, 0.4) is 0 Å². The first-order chi connectivity index (χ1) is 27.3. The van der Waals surface area contributed by atoms with Crippen molar-refractivity contribution in [3.8, 4) is 27.9 Å². The molecule has 2 heterocycles. The van der Waals surface area contributed by atoms with E-state index in [0.717, 1.165) is 22.7 Å². The fraction of sp³-hybridized carbons (Fsp3) is 0. The highest BCUT2D eigenvalue weighted by molar-refractivity contribution is 7.25. The summed E-state index contributed by atoms with van der Waals surface area (Å²) in [5.41, 5.74) is 11.7. The van der Waals surface area contributed by atoms with Crippen LogP contribution in [0, 0.1) is 0 Å². The largest absolute Gasteiger partial charge is 0.310 e. The maximum Gasteiger partial charge on any atom is 0.0547 e. The Bertz CT molecular complexity index is 3200. The molecule has 0 unspecified atom stereocenters. The number of hydrogen-bond acceptors (Lipinski definition) is 2. The van der Waals surface area contributed by atoms with E-state index in [-0.39, 0.29) is 0 Å². The van der Waals surface area contributed by atoms with Crippen molar-refractivity contribution in [3.63, 3.8) is 0 Å². The Morgan fingerprint density at radius 3 is 1.84 bits per heavy atom. The third kappa shape index (κ3) is 5.32. The summed E-state index contributed by atoms with van der Waals surface area (Å²) in [5.74, 6) is 0. The van der Waals surface area contributed by atoms with E-state index < -0.39 is 0 Å². The molecular weight excluding hydrogens is 685 g/mol. The van der Waals surface area contributed by atoms with Crippen LogP contribution in [0.2, 0.25) is 0 Å². The van der Waals surface area contributed by atoms with Crippen LogP contribution in [0.1, 0.15) is 0 Å². The standard InChI is InChI=1S/C52H34N2S/c1-2-12-35(13-3-1)36-24-27-40(28-25-36)54-49-21-8-6-19-44(49)45-30-26-39(33-50(45)54)38-16-10-17-41(32-38)53(48-22-11-15-37-14-4-5-18-43(37)48)42-29-31-47-46-20-7-9-23-51(46)55-52(47)34-42/h1-34H. The van der Waals surface area contributed by atoms with Gasteiger partial charge in [0.15, 0.2) is 0 Å². The molecule has 0 fully saturated rings. The lowest BCUT2D eigenvalue weighted by Crippen LogP contribution is -2.10. The Morgan fingerprint density at radius 1 is 0.345 bits per heavy atom. The average molecular weight is 719 g/mol. The predicted molar refractivity (Wildman–Crippen MR) is 237 cm³/mol. The van der Waals surface area contributed by atoms with E-state index in [4.69, 9.17) is 0 Å². The first-order valence-corrected chi connectivity index (χ1v) is 19.6. The monoisotopic (exact) mass is 718 g/mol. The third-order valence-corrected chi connectivity index (χ3v) is 12.1. The van der Waals surface area contributed by atoms with Crippen molar-refractivity contribution in [2.24, 2.45) is 0 Å². The summed E-state index contributed by atoms with van der Waals surface area (Å²) in [4.78, 5) is 2.43. The molecule has 2 aromatic heterocycles. The van der Waals surface area contributed by atoms with Crippen LogP contribution in [-0.2, 0) is 0 Å². The number of aromatic nitrogens is 1. The first kappa shape index (κ1) is 31.6. The maximum atomic E-state index is 2.43. The number of thiophene rings is 1. The molecule has 0 aliphatic rings. The van der Waals surface area contributed by atoms with Gasteiger partial charge in [0.1, 0.15) is 0 Å². The lowest BCUT2D eigenvalue weighted by Gasteiger charge is -2.27. The molecule has 0 amide bonds. The molecule has 3 heteroatoms. The summed E-state index contributed by atoms with van der Waals surface area (Å²) in [5, 5.41) is 7.55. The zero-order chi connectivity index (χ0) is 36.3. The van der Waals surface area contributed by atoms with Crippen molar-refractivity contribution in [2.45, 2.75) is 0 Å². The lowest BCUT2D eigenvalue weighted by molar-refractivity contribution is 1.18.